The molecule has 0 spiro atoms. The maximum absolute atomic E-state index is 11.5. The number of rotatable bonds is 2. The van der Waals surface area contributed by atoms with Crippen LogP contribution in [0.1, 0.15) is 6.92 Å². The number of halogens is 3. The number of amides is 1. The van der Waals surface area contributed by atoms with Crippen LogP contribution in [0.3, 0.4) is 0 Å². The van der Waals surface area contributed by atoms with Gasteiger partial charge in [0.15, 0.2) is 0 Å². The van der Waals surface area contributed by atoms with Crippen molar-refractivity contribution < 1.29 is 23.1 Å². The molecule has 66 valence electrons. The molecule has 0 bridgehead atoms. The third-order valence-electron chi connectivity index (χ3n) is 1.02. The van der Waals surface area contributed by atoms with Gasteiger partial charge in [-0.15, -0.1) is 0 Å². The number of carbonyl (C=O) groups is 1. The molecule has 0 aromatic carbocycles. The molecule has 0 heterocycles. The van der Waals surface area contributed by atoms with Gasteiger partial charge in [-0.1, -0.05) is 0 Å². The predicted molar refractivity (Wildman–Crippen MR) is 31.3 cm³/mol. The van der Waals surface area contributed by atoms with E-state index < -0.39 is 18.8 Å². The van der Waals surface area contributed by atoms with Gasteiger partial charge in [0.05, 0.1) is 0 Å². The van der Waals surface area contributed by atoms with E-state index in [9.17, 15) is 18.0 Å². The summed E-state index contributed by atoms with van der Waals surface area (Å²) in [6.45, 7) is -0.215. The van der Waals surface area contributed by atoms with Gasteiger partial charge in [0, 0.05) is 6.54 Å². The Morgan fingerprint density at radius 2 is 2.00 bits per heavy atom. The quantitative estimate of drug-likeness (QED) is 0.684. The fraction of sp³-hybridized carbons (Fsp3) is 0.800. The first-order chi connectivity index (χ1) is 4.87. The van der Waals surface area contributed by atoms with Crippen molar-refractivity contribution in [2.75, 3.05) is 13.1 Å². The van der Waals surface area contributed by atoms with Crippen LogP contribution in [0.4, 0.5) is 18.0 Å². The average molecular weight is 171 g/mol. The normalized spacial score (nSPS) is 11.3. The van der Waals surface area contributed by atoms with E-state index >= 15 is 0 Å². The molecule has 1 amide bonds. The van der Waals surface area contributed by atoms with E-state index in [1.165, 1.54) is 6.92 Å². The fourth-order valence-electron chi connectivity index (χ4n) is 0.531. The zero-order chi connectivity index (χ0) is 9.07. The zero-order valence-electron chi connectivity index (χ0n) is 5.85. The predicted octanol–water partition coefficient (Wildman–Crippen LogP) is 1.55. The van der Waals surface area contributed by atoms with Crippen molar-refractivity contribution >= 4 is 6.09 Å². The largest absolute Gasteiger partial charge is 0.465 e. The third kappa shape index (κ3) is 4.46. The molecule has 3 nitrogen and oxygen atoms in total. The van der Waals surface area contributed by atoms with Gasteiger partial charge in [-0.05, 0) is 6.92 Å². The van der Waals surface area contributed by atoms with Crippen molar-refractivity contribution in [3.63, 3.8) is 0 Å². The highest BCUT2D eigenvalue weighted by Gasteiger charge is 2.32. The van der Waals surface area contributed by atoms with Gasteiger partial charge in [-0.2, -0.15) is 13.2 Å². The second kappa shape index (κ2) is 3.45. The fourth-order valence-corrected chi connectivity index (χ4v) is 0.531. The molecular formula is C5H8F3NO2. The van der Waals surface area contributed by atoms with Crippen LogP contribution >= 0.6 is 0 Å². The van der Waals surface area contributed by atoms with Crippen LogP contribution in [0, 0.1) is 0 Å². The highest BCUT2D eigenvalue weighted by atomic mass is 19.4. The number of hydrogen-bond acceptors (Lipinski definition) is 1. The molecular weight excluding hydrogens is 163 g/mol. The lowest BCUT2D eigenvalue weighted by molar-refractivity contribution is -0.141. The first-order valence-electron chi connectivity index (χ1n) is 2.91. The number of nitrogens with zero attached hydrogens (tertiary/aromatic N) is 1. The summed E-state index contributed by atoms with van der Waals surface area (Å²) in [7, 11) is 0. The first kappa shape index (κ1) is 10.1. The lowest BCUT2D eigenvalue weighted by Crippen LogP contribution is -2.37. The summed E-state index contributed by atoms with van der Waals surface area (Å²) in [4.78, 5) is 10.3. The number of carboxylic acid groups (broad SMARTS) is 1. The summed E-state index contributed by atoms with van der Waals surface area (Å²) < 4.78 is 34.6. The van der Waals surface area contributed by atoms with Gasteiger partial charge in [-0.3, -0.25) is 4.90 Å². The highest BCUT2D eigenvalue weighted by molar-refractivity contribution is 5.64. The van der Waals surface area contributed by atoms with Crippen molar-refractivity contribution in [2.24, 2.45) is 0 Å². The Kier molecular flexibility index (Phi) is 3.16. The molecule has 0 radical (unpaired) electrons. The molecule has 0 saturated heterocycles. The monoisotopic (exact) mass is 171 g/mol. The lowest BCUT2D eigenvalue weighted by atomic mass is 10.5. The molecule has 0 rings (SSSR count). The van der Waals surface area contributed by atoms with Crippen molar-refractivity contribution in [3.05, 3.63) is 0 Å². The average Bonchev–Trinajstić information content (AvgIpc) is 1.80. The van der Waals surface area contributed by atoms with Crippen LogP contribution in [0.25, 0.3) is 0 Å². The maximum atomic E-state index is 11.5. The van der Waals surface area contributed by atoms with E-state index in [0.29, 0.717) is 4.90 Å². The number of hydrogen-bond donors (Lipinski definition) is 1. The molecule has 0 unspecified atom stereocenters. The Morgan fingerprint density at radius 1 is 1.55 bits per heavy atom. The summed E-state index contributed by atoms with van der Waals surface area (Å²) in [5.74, 6) is 0. The van der Waals surface area contributed by atoms with E-state index in [-0.39, 0.29) is 6.54 Å². The molecule has 6 heteroatoms. The topological polar surface area (TPSA) is 40.5 Å². The molecule has 0 fully saturated rings. The maximum Gasteiger partial charge on any atom is 0.407 e. The Balaban J connectivity index is 3.99. The summed E-state index contributed by atoms with van der Waals surface area (Å²) in [6.07, 6.45) is -6.00. The Morgan fingerprint density at radius 3 is 2.09 bits per heavy atom. The van der Waals surface area contributed by atoms with E-state index in [4.69, 9.17) is 5.11 Å². The van der Waals surface area contributed by atoms with Crippen LogP contribution in [0.15, 0.2) is 0 Å². The minimum atomic E-state index is -4.45. The molecule has 0 aliphatic carbocycles. The standard InChI is InChI=1S/C5H8F3NO2/c1-2-9(4(10)11)3-5(6,7)8/h2-3H2,1H3,(H,10,11). The summed E-state index contributed by atoms with van der Waals surface area (Å²) >= 11 is 0. The third-order valence-corrected chi connectivity index (χ3v) is 1.02. The van der Waals surface area contributed by atoms with Crippen molar-refractivity contribution in [1.29, 1.82) is 0 Å². The van der Waals surface area contributed by atoms with Gasteiger partial charge in [0.2, 0.25) is 0 Å². The van der Waals surface area contributed by atoms with Gasteiger partial charge in [0.25, 0.3) is 0 Å². The van der Waals surface area contributed by atoms with Crippen LogP contribution < -0.4 is 0 Å². The molecule has 0 aromatic heterocycles. The molecule has 0 saturated carbocycles. The number of alkyl halides is 3. The second-order valence-corrected chi connectivity index (χ2v) is 1.91. The second-order valence-electron chi connectivity index (χ2n) is 1.91. The van der Waals surface area contributed by atoms with Crippen molar-refractivity contribution in [2.45, 2.75) is 13.1 Å². The van der Waals surface area contributed by atoms with Gasteiger partial charge >= 0.3 is 12.3 Å². The molecule has 0 aliphatic heterocycles. The van der Waals surface area contributed by atoms with Gasteiger partial charge < -0.3 is 5.11 Å². The molecule has 1 N–H and O–H groups in total. The van der Waals surface area contributed by atoms with E-state index in [1.807, 2.05) is 0 Å². The molecule has 0 atom stereocenters. The van der Waals surface area contributed by atoms with E-state index in [0.717, 1.165) is 0 Å². The van der Waals surface area contributed by atoms with E-state index in [2.05, 4.69) is 0 Å². The molecule has 11 heavy (non-hydrogen) atoms. The highest BCUT2D eigenvalue weighted by Crippen LogP contribution is 2.15. The molecule has 0 aromatic rings. The van der Waals surface area contributed by atoms with Gasteiger partial charge in [-0.25, -0.2) is 4.79 Å². The van der Waals surface area contributed by atoms with Crippen LogP contribution in [0.2, 0.25) is 0 Å². The van der Waals surface area contributed by atoms with Crippen LogP contribution in [-0.4, -0.2) is 35.4 Å². The minimum absolute atomic E-state index is 0.158. The first-order valence-corrected chi connectivity index (χ1v) is 2.91. The van der Waals surface area contributed by atoms with E-state index in [1.54, 1.807) is 0 Å². The Hall–Kier alpha value is -0.940. The lowest BCUT2D eigenvalue weighted by Gasteiger charge is -2.18. The molecule has 0 aliphatic rings. The Labute approximate surface area is 61.4 Å². The summed E-state index contributed by atoms with van der Waals surface area (Å²) in [5, 5.41) is 8.16. The van der Waals surface area contributed by atoms with Crippen LogP contribution in [-0.2, 0) is 0 Å². The smallest absolute Gasteiger partial charge is 0.407 e. The SMILES string of the molecule is CCN(CC(F)(F)F)C(=O)O. The summed E-state index contributed by atoms with van der Waals surface area (Å²) in [6, 6.07) is 0. The minimum Gasteiger partial charge on any atom is -0.465 e. The van der Waals surface area contributed by atoms with Gasteiger partial charge in [0.1, 0.15) is 6.54 Å². The summed E-state index contributed by atoms with van der Waals surface area (Å²) in [5.41, 5.74) is 0. The zero-order valence-corrected chi connectivity index (χ0v) is 5.85. The Bertz CT molecular complexity index is 145. The van der Waals surface area contributed by atoms with Crippen LogP contribution in [0.5, 0.6) is 0 Å². The van der Waals surface area contributed by atoms with Crippen molar-refractivity contribution in [1.82, 2.24) is 4.90 Å². The van der Waals surface area contributed by atoms with Crippen molar-refractivity contribution in [3.8, 4) is 0 Å².